The summed E-state index contributed by atoms with van der Waals surface area (Å²) in [5.74, 6) is 1.41. The maximum Gasteiger partial charge on any atom is 0.160 e. The van der Waals surface area contributed by atoms with E-state index in [9.17, 15) is 10.0 Å². The van der Waals surface area contributed by atoms with Crippen LogP contribution in [0.15, 0.2) is 47.7 Å². The molecule has 3 aliphatic carbocycles. The zero-order valence-corrected chi connectivity index (χ0v) is 19.5. The monoisotopic (exact) mass is 459 g/mol. The number of rotatable bonds is 6. The van der Waals surface area contributed by atoms with Crippen LogP contribution in [0, 0.1) is 33.5 Å². The highest BCUT2D eigenvalue weighted by Gasteiger charge is 2.55. The first-order valence-corrected chi connectivity index (χ1v) is 11.8. The maximum absolute atomic E-state index is 11.6. The van der Waals surface area contributed by atoms with E-state index < -0.39 is 0 Å². The summed E-state index contributed by atoms with van der Waals surface area (Å²) < 4.78 is 5.42. The lowest BCUT2D eigenvalue weighted by molar-refractivity contribution is 0.0591. The molecule has 2 saturated carbocycles. The number of fused-ring (bicyclic) bond motifs is 5. The van der Waals surface area contributed by atoms with Crippen LogP contribution in [-0.4, -0.2) is 18.3 Å². The van der Waals surface area contributed by atoms with Gasteiger partial charge in [-0.15, -0.1) is 0 Å². The minimum Gasteiger partial charge on any atom is -0.504 e. The van der Waals surface area contributed by atoms with E-state index in [2.05, 4.69) is 29.7 Å². The van der Waals surface area contributed by atoms with Crippen LogP contribution in [0.2, 0.25) is 0 Å². The third-order valence-electron chi connectivity index (χ3n) is 8.29. The molecule has 7 nitrogen and oxygen atoms in total. The standard InChI is InChI=1S/C27H29N3O4/c1-27-9-8-18-19-13-25(33-2)24(31)12-21(19)23(11-20(18)22(27)6-7-26(27)29-32)30-34-15-17-5-3-4-16(10-17)14-28/h3-5,10-13,18,20,22,26,30-31H,6-9,15H2,1-2H3/t18-,20-,22+,26?,27+/m1/s1. The first kappa shape index (κ1) is 22.4. The number of allylic oxidation sites excluding steroid dienone is 1. The van der Waals surface area contributed by atoms with Gasteiger partial charge in [-0.2, -0.15) is 10.2 Å². The number of benzene rings is 2. The first-order valence-electron chi connectivity index (χ1n) is 11.8. The van der Waals surface area contributed by atoms with Gasteiger partial charge in [0.1, 0.15) is 0 Å². The molecule has 0 aliphatic heterocycles. The van der Waals surface area contributed by atoms with Gasteiger partial charge in [0.15, 0.2) is 11.5 Å². The summed E-state index contributed by atoms with van der Waals surface area (Å²) in [6, 6.07) is 13.0. The van der Waals surface area contributed by atoms with Gasteiger partial charge in [0.2, 0.25) is 0 Å². The Labute approximate surface area is 199 Å². The molecule has 0 radical (unpaired) electrons. The summed E-state index contributed by atoms with van der Waals surface area (Å²) >= 11 is 0. The lowest BCUT2D eigenvalue weighted by atomic mass is 9.56. The Morgan fingerprint density at radius 2 is 2.12 bits per heavy atom. The highest BCUT2D eigenvalue weighted by atomic mass is 16.6. The minimum atomic E-state index is -0.136. The fraction of sp³-hybridized carbons (Fsp3) is 0.444. The summed E-state index contributed by atoms with van der Waals surface area (Å²) in [5.41, 5.74) is 7.33. The van der Waals surface area contributed by atoms with Crippen molar-refractivity contribution in [2.45, 2.75) is 51.2 Å². The number of hydrogen-bond acceptors (Lipinski definition) is 7. The number of ether oxygens (including phenoxy) is 1. The fourth-order valence-corrected chi connectivity index (χ4v) is 6.52. The van der Waals surface area contributed by atoms with Gasteiger partial charge in [0.05, 0.1) is 37.1 Å². The number of nitrogens with zero attached hydrogens (tertiary/aromatic N) is 2. The minimum absolute atomic E-state index is 0.0841. The van der Waals surface area contributed by atoms with Gasteiger partial charge in [0.25, 0.3) is 0 Å². The van der Waals surface area contributed by atoms with E-state index >= 15 is 0 Å². The zero-order valence-electron chi connectivity index (χ0n) is 19.5. The normalized spacial score (nSPS) is 29.1. The molecule has 0 bridgehead atoms. The lowest BCUT2D eigenvalue weighted by Crippen LogP contribution is -2.42. The average molecular weight is 460 g/mol. The number of nitroso groups, excluding NO2 is 1. The Morgan fingerprint density at radius 3 is 2.88 bits per heavy atom. The molecule has 2 aromatic rings. The Bertz CT molecular complexity index is 1190. The number of nitrogens with one attached hydrogen (secondary N) is 1. The summed E-state index contributed by atoms with van der Waals surface area (Å²) in [4.78, 5) is 17.4. The molecule has 0 amide bonds. The summed E-state index contributed by atoms with van der Waals surface area (Å²) in [6.45, 7) is 2.51. The molecular formula is C27H29N3O4. The van der Waals surface area contributed by atoms with Crippen molar-refractivity contribution in [1.29, 1.82) is 5.26 Å². The van der Waals surface area contributed by atoms with Crippen molar-refractivity contribution >= 4 is 5.70 Å². The molecule has 2 aromatic carbocycles. The van der Waals surface area contributed by atoms with Gasteiger partial charge >= 0.3 is 0 Å². The quantitative estimate of drug-likeness (QED) is 0.443. The highest BCUT2D eigenvalue weighted by Crippen LogP contribution is 2.61. The van der Waals surface area contributed by atoms with Crippen LogP contribution in [0.25, 0.3) is 5.70 Å². The second-order valence-corrected chi connectivity index (χ2v) is 9.93. The molecule has 7 heteroatoms. The molecule has 3 aliphatic rings. The van der Waals surface area contributed by atoms with E-state index in [4.69, 9.17) is 14.8 Å². The van der Waals surface area contributed by atoms with Gasteiger partial charge in [-0.05, 0) is 84.2 Å². The van der Waals surface area contributed by atoms with Crippen molar-refractivity contribution < 1.29 is 14.7 Å². The predicted octanol–water partition coefficient (Wildman–Crippen LogP) is 5.39. The summed E-state index contributed by atoms with van der Waals surface area (Å²) in [6.07, 6.45) is 5.95. The first-order chi connectivity index (χ1) is 16.5. The van der Waals surface area contributed by atoms with Crippen molar-refractivity contribution in [3.8, 4) is 17.6 Å². The number of aromatic hydroxyl groups is 1. The van der Waals surface area contributed by atoms with Gasteiger partial charge in [-0.25, -0.2) is 0 Å². The SMILES string of the molecule is COc1cc2c(cc1O)C(NOCc1cccc(C#N)c1)=C[C@@H]1[C@@H]2CC[C@]2(C)C(N=O)CC[C@@H]12. The topological polar surface area (TPSA) is 104 Å². The number of nitriles is 1. The molecule has 0 spiro atoms. The van der Waals surface area contributed by atoms with E-state index in [-0.39, 0.29) is 35.6 Å². The van der Waals surface area contributed by atoms with Crippen LogP contribution in [0.4, 0.5) is 0 Å². The van der Waals surface area contributed by atoms with E-state index in [1.807, 2.05) is 18.2 Å². The number of phenols is 1. The molecule has 0 aromatic heterocycles. The van der Waals surface area contributed by atoms with Crippen molar-refractivity contribution in [3.63, 3.8) is 0 Å². The van der Waals surface area contributed by atoms with Gasteiger partial charge in [0, 0.05) is 5.56 Å². The molecule has 5 atom stereocenters. The van der Waals surface area contributed by atoms with Crippen LogP contribution in [0.1, 0.15) is 60.8 Å². The van der Waals surface area contributed by atoms with Crippen LogP contribution in [0.3, 0.4) is 0 Å². The van der Waals surface area contributed by atoms with E-state index in [1.54, 1.807) is 25.3 Å². The number of phenolic OH excluding ortho intramolecular Hbond substituents is 1. The van der Waals surface area contributed by atoms with Crippen molar-refractivity contribution in [2.75, 3.05) is 7.11 Å². The molecule has 2 fully saturated rings. The van der Waals surface area contributed by atoms with Gasteiger partial charge in [-0.1, -0.05) is 30.3 Å². The molecule has 0 saturated heterocycles. The molecule has 2 N–H and O–H groups in total. The largest absolute Gasteiger partial charge is 0.504 e. The number of hydroxylamine groups is 1. The number of methoxy groups -OCH3 is 1. The van der Waals surface area contributed by atoms with Gasteiger partial charge < -0.3 is 9.84 Å². The molecule has 5 rings (SSSR count). The molecule has 34 heavy (non-hydrogen) atoms. The van der Waals surface area contributed by atoms with Gasteiger partial charge in [-0.3, -0.25) is 10.3 Å². The smallest absolute Gasteiger partial charge is 0.160 e. The van der Waals surface area contributed by atoms with E-state index in [0.29, 0.717) is 17.2 Å². The predicted molar refractivity (Wildman–Crippen MR) is 128 cm³/mol. The lowest BCUT2D eigenvalue weighted by Gasteiger charge is -2.48. The van der Waals surface area contributed by atoms with Crippen LogP contribution >= 0.6 is 0 Å². The third-order valence-corrected chi connectivity index (χ3v) is 8.29. The van der Waals surface area contributed by atoms with Crippen LogP contribution in [0.5, 0.6) is 11.5 Å². The van der Waals surface area contributed by atoms with Crippen molar-refractivity contribution in [1.82, 2.24) is 5.48 Å². The fourth-order valence-electron chi connectivity index (χ4n) is 6.52. The van der Waals surface area contributed by atoms with Crippen molar-refractivity contribution in [2.24, 2.45) is 22.4 Å². The van der Waals surface area contributed by atoms with E-state index in [0.717, 1.165) is 48.1 Å². The highest BCUT2D eigenvalue weighted by molar-refractivity contribution is 5.72. The second-order valence-electron chi connectivity index (χ2n) is 9.93. The third kappa shape index (κ3) is 3.63. The Morgan fingerprint density at radius 1 is 1.26 bits per heavy atom. The number of hydrogen-bond donors (Lipinski definition) is 2. The Balaban J connectivity index is 1.47. The summed E-state index contributed by atoms with van der Waals surface area (Å²) in [7, 11) is 1.56. The van der Waals surface area contributed by atoms with Crippen LogP contribution in [-0.2, 0) is 11.4 Å². The van der Waals surface area contributed by atoms with E-state index in [1.165, 1.54) is 0 Å². The van der Waals surface area contributed by atoms with Crippen molar-refractivity contribution in [3.05, 3.63) is 69.6 Å². The molecular weight excluding hydrogens is 430 g/mol. The second kappa shape index (κ2) is 8.77. The Kier molecular flexibility index (Phi) is 5.78. The average Bonchev–Trinajstić information content (AvgIpc) is 3.20. The Hall–Kier alpha value is -3.37. The summed E-state index contributed by atoms with van der Waals surface area (Å²) in [5, 5.41) is 23.1. The maximum atomic E-state index is 11.6. The molecule has 1 unspecified atom stereocenters. The van der Waals surface area contributed by atoms with Crippen LogP contribution < -0.4 is 10.2 Å². The molecule has 176 valence electrons. The molecule has 0 heterocycles. The zero-order chi connectivity index (χ0) is 23.9.